The van der Waals surface area contributed by atoms with E-state index in [1.807, 2.05) is 36.4 Å². The summed E-state index contributed by atoms with van der Waals surface area (Å²) in [6, 6.07) is 20.7. The van der Waals surface area contributed by atoms with Crippen LogP contribution >= 0.6 is 0 Å². The summed E-state index contributed by atoms with van der Waals surface area (Å²) in [7, 11) is 0. The molecule has 1 aliphatic heterocycles. The van der Waals surface area contributed by atoms with Crippen molar-refractivity contribution in [2.75, 3.05) is 13.1 Å². The van der Waals surface area contributed by atoms with Gasteiger partial charge in [-0.1, -0.05) is 36.4 Å². The fraction of sp³-hybridized carbons (Fsp3) is 0.231. The fourth-order valence-electron chi connectivity index (χ4n) is 3.85. The van der Waals surface area contributed by atoms with Gasteiger partial charge in [-0.3, -0.25) is 9.98 Å². The molecule has 0 saturated heterocycles. The van der Waals surface area contributed by atoms with Gasteiger partial charge in [0.15, 0.2) is 0 Å². The number of benzene rings is 2. The van der Waals surface area contributed by atoms with Crippen molar-refractivity contribution in [2.24, 2.45) is 10.7 Å². The average Bonchev–Trinajstić information content (AvgIpc) is 3.55. The first-order chi connectivity index (χ1) is 15.3. The molecule has 5 heteroatoms. The Morgan fingerprint density at radius 3 is 2.32 bits per heavy atom. The van der Waals surface area contributed by atoms with E-state index in [1.54, 1.807) is 12.4 Å². The predicted octanol–water partition coefficient (Wildman–Crippen LogP) is 4.37. The van der Waals surface area contributed by atoms with Crippen LogP contribution in [0.15, 0.2) is 78.0 Å². The summed E-state index contributed by atoms with van der Waals surface area (Å²) >= 11 is 0. The maximum absolute atomic E-state index is 6.56. The number of pyridine rings is 1. The van der Waals surface area contributed by atoms with Crippen molar-refractivity contribution >= 4 is 17.1 Å². The normalized spacial score (nSPS) is 16.3. The molecule has 2 aliphatic rings. The number of aromatic nitrogens is 1. The van der Waals surface area contributed by atoms with Gasteiger partial charge in [0.2, 0.25) is 0 Å². The largest absolute Gasteiger partial charge is 0.489 e. The van der Waals surface area contributed by atoms with Crippen molar-refractivity contribution in [1.82, 2.24) is 10.3 Å². The van der Waals surface area contributed by atoms with Gasteiger partial charge in [-0.2, -0.15) is 0 Å². The SMILES string of the molecule is NC(=C(C1=NCCN1)c1ccc(OCc2ccc(C3CC3)cc2)cc1)c1ccncc1. The molecule has 1 saturated carbocycles. The summed E-state index contributed by atoms with van der Waals surface area (Å²) in [6.45, 7) is 2.13. The number of nitrogens with two attached hydrogens (primary N) is 1. The van der Waals surface area contributed by atoms with Gasteiger partial charge < -0.3 is 15.8 Å². The Labute approximate surface area is 182 Å². The Morgan fingerprint density at radius 1 is 0.935 bits per heavy atom. The first kappa shape index (κ1) is 19.4. The maximum atomic E-state index is 6.56. The molecular formula is C26H26N4O. The molecule has 2 heterocycles. The molecule has 3 aromatic rings. The van der Waals surface area contributed by atoms with Crippen LogP contribution < -0.4 is 15.8 Å². The summed E-state index contributed by atoms with van der Waals surface area (Å²) < 4.78 is 6.01. The van der Waals surface area contributed by atoms with Crippen LogP contribution in [0.3, 0.4) is 0 Å². The summed E-state index contributed by atoms with van der Waals surface area (Å²) in [5.74, 6) is 2.44. The average molecular weight is 411 g/mol. The van der Waals surface area contributed by atoms with Crippen LogP contribution in [0.2, 0.25) is 0 Å². The van der Waals surface area contributed by atoms with E-state index in [1.165, 1.54) is 24.0 Å². The molecule has 3 N–H and O–H groups in total. The quantitative estimate of drug-likeness (QED) is 0.607. The lowest BCUT2D eigenvalue weighted by molar-refractivity contribution is 0.306. The van der Waals surface area contributed by atoms with Gasteiger partial charge in [0.25, 0.3) is 0 Å². The molecule has 5 nitrogen and oxygen atoms in total. The number of nitrogens with zero attached hydrogens (tertiary/aromatic N) is 2. The van der Waals surface area contributed by atoms with Crippen molar-refractivity contribution in [3.8, 4) is 5.75 Å². The molecule has 1 aromatic heterocycles. The number of hydrogen-bond acceptors (Lipinski definition) is 5. The maximum Gasteiger partial charge on any atom is 0.131 e. The Morgan fingerprint density at radius 2 is 1.68 bits per heavy atom. The minimum atomic E-state index is 0.556. The van der Waals surface area contributed by atoms with E-state index in [0.717, 1.165) is 47.3 Å². The van der Waals surface area contributed by atoms with E-state index in [4.69, 9.17) is 10.5 Å². The van der Waals surface area contributed by atoms with Crippen LogP contribution in [0, 0.1) is 0 Å². The number of nitrogens with one attached hydrogen (secondary N) is 1. The highest BCUT2D eigenvalue weighted by atomic mass is 16.5. The molecule has 0 radical (unpaired) electrons. The van der Waals surface area contributed by atoms with Crippen molar-refractivity contribution < 1.29 is 4.74 Å². The van der Waals surface area contributed by atoms with Gasteiger partial charge in [-0.15, -0.1) is 0 Å². The third-order valence-electron chi connectivity index (χ3n) is 5.75. The number of aliphatic imine (C=N–C) groups is 1. The van der Waals surface area contributed by atoms with Gasteiger partial charge in [-0.05, 0) is 59.7 Å². The molecule has 1 aliphatic carbocycles. The lowest BCUT2D eigenvalue weighted by atomic mass is 9.99. The summed E-state index contributed by atoms with van der Waals surface area (Å²) in [5, 5.41) is 3.35. The first-order valence-corrected chi connectivity index (χ1v) is 10.8. The molecule has 1 fully saturated rings. The highest BCUT2D eigenvalue weighted by Crippen LogP contribution is 2.39. The first-order valence-electron chi connectivity index (χ1n) is 10.8. The highest BCUT2D eigenvalue weighted by molar-refractivity contribution is 6.29. The number of amidine groups is 1. The van der Waals surface area contributed by atoms with Crippen LogP contribution in [0.25, 0.3) is 11.3 Å². The zero-order chi connectivity index (χ0) is 21.0. The van der Waals surface area contributed by atoms with Crippen LogP contribution in [0.4, 0.5) is 0 Å². The molecule has 0 atom stereocenters. The highest BCUT2D eigenvalue weighted by Gasteiger charge is 2.23. The monoisotopic (exact) mass is 410 g/mol. The zero-order valence-electron chi connectivity index (χ0n) is 17.4. The number of hydrogen-bond donors (Lipinski definition) is 2. The van der Waals surface area contributed by atoms with Gasteiger partial charge in [0.05, 0.1) is 12.2 Å². The third kappa shape index (κ3) is 4.45. The molecule has 156 valence electrons. The molecule has 0 amide bonds. The van der Waals surface area contributed by atoms with E-state index in [-0.39, 0.29) is 0 Å². The molecular weight excluding hydrogens is 384 g/mol. The Hall–Kier alpha value is -3.60. The van der Waals surface area contributed by atoms with Crippen molar-refractivity contribution in [3.05, 3.63) is 95.3 Å². The molecule has 5 rings (SSSR count). The molecule has 0 unspecified atom stereocenters. The Kier molecular flexibility index (Phi) is 5.40. The fourth-order valence-corrected chi connectivity index (χ4v) is 3.85. The van der Waals surface area contributed by atoms with E-state index >= 15 is 0 Å². The van der Waals surface area contributed by atoms with Gasteiger partial charge in [0.1, 0.15) is 18.2 Å². The van der Waals surface area contributed by atoms with Crippen molar-refractivity contribution in [2.45, 2.75) is 25.4 Å². The van der Waals surface area contributed by atoms with Crippen LogP contribution in [0.1, 0.15) is 41.0 Å². The second kappa shape index (κ2) is 8.64. The van der Waals surface area contributed by atoms with E-state index in [0.29, 0.717) is 12.3 Å². The minimum Gasteiger partial charge on any atom is -0.489 e. The van der Waals surface area contributed by atoms with Crippen molar-refractivity contribution in [1.29, 1.82) is 0 Å². The standard InChI is InChI=1S/C26H26N4O/c27-25(22-11-13-28-14-12-22)24(26-29-15-16-30-26)21-7-9-23(10-8-21)31-17-18-1-3-19(4-2-18)20-5-6-20/h1-4,7-14,20H,5-6,15-17,27H2,(H,29,30). The minimum absolute atomic E-state index is 0.556. The van der Waals surface area contributed by atoms with Gasteiger partial charge in [0, 0.05) is 30.1 Å². The molecule has 0 bridgehead atoms. The van der Waals surface area contributed by atoms with Crippen molar-refractivity contribution in [3.63, 3.8) is 0 Å². The van der Waals surface area contributed by atoms with Crippen LogP contribution in [0.5, 0.6) is 5.75 Å². The second-order valence-corrected chi connectivity index (χ2v) is 8.01. The Bertz CT molecular complexity index is 1100. The summed E-state index contributed by atoms with van der Waals surface area (Å²) in [5.41, 5.74) is 12.7. The summed E-state index contributed by atoms with van der Waals surface area (Å²) in [4.78, 5) is 8.69. The predicted molar refractivity (Wildman–Crippen MR) is 125 cm³/mol. The second-order valence-electron chi connectivity index (χ2n) is 8.01. The molecule has 0 spiro atoms. The zero-order valence-corrected chi connectivity index (χ0v) is 17.4. The lowest BCUT2D eigenvalue weighted by Gasteiger charge is -2.14. The van der Waals surface area contributed by atoms with E-state index < -0.39 is 0 Å². The van der Waals surface area contributed by atoms with Gasteiger partial charge >= 0.3 is 0 Å². The molecule has 31 heavy (non-hydrogen) atoms. The third-order valence-corrected chi connectivity index (χ3v) is 5.75. The van der Waals surface area contributed by atoms with Crippen LogP contribution in [-0.2, 0) is 6.61 Å². The van der Waals surface area contributed by atoms with Crippen LogP contribution in [-0.4, -0.2) is 23.9 Å². The van der Waals surface area contributed by atoms with Gasteiger partial charge in [-0.25, -0.2) is 0 Å². The lowest BCUT2D eigenvalue weighted by Crippen LogP contribution is -2.22. The number of rotatable bonds is 7. The smallest absolute Gasteiger partial charge is 0.131 e. The molecule has 2 aromatic carbocycles. The topological polar surface area (TPSA) is 72.5 Å². The Balaban J connectivity index is 1.34. The number of ether oxygens (including phenoxy) is 1. The van der Waals surface area contributed by atoms with E-state index in [2.05, 4.69) is 39.6 Å². The summed E-state index contributed by atoms with van der Waals surface area (Å²) in [6.07, 6.45) is 6.15. The van der Waals surface area contributed by atoms with E-state index in [9.17, 15) is 0 Å².